The molecule has 0 spiro atoms. The summed E-state index contributed by atoms with van der Waals surface area (Å²) < 4.78 is 6.05. The highest BCUT2D eigenvalue weighted by molar-refractivity contribution is 9.10. The minimum atomic E-state index is 1.05. The Balaban J connectivity index is 1.40. The Hall–Kier alpha value is -5.42. The largest absolute Gasteiger partial charge is 0.309 e. The van der Waals surface area contributed by atoms with E-state index >= 15 is 0 Å². The zero-order valence-electron chi connectivity index (χ0n) is 25.8. The van der Waals surface area contributed by atoms with Crippen molar-refractivity contribution in [2.45, 2.75) is 0 Å². The van der Waals surface area contributed by atoms with Crippen molar-refractivity contribution in [1.82, 2.24) is 4.57 Å². The zero-order chi connectivity index (χ0) is 31.8. The highest BCUT2D eigenvalue weighted by Crippen LogP contribution is 2.52. The summed E-state index contributed by atoms with van der Waals surface area (Å²) in [5, 5.41) is 10.0. The van der Waals surface area contributed by atoms with Gasteiger partial charge in [0.1, 0.15) is 0 Å². The van der Waals surface area contributed by atoms with Crippen molar-refractivity contribution in [2.24, 2.45) is 0 Å². The maximum atomic E-state index is 4.30. The predicted molar refractivity (Wildman–Crippen MR) is 211 cm³/mol. The fourth-order valence-corrected chi connectivity index (χ4v) is 9.31. The Morgan fingerprint density at radius 1 is 0.458 bits per heavy atom. The molecule has 4 heteroatoms. The lowest BCUT2D eigenvalue weighted by molar-refractivity contribution is 1.17. The van der Waals surface area contributed by atoms with E-state index in [2.05, 4.69) is 189 Å². The molecule has 2 nitrogen and oxygen atoms in total. The van der Waals surface area contributed by atoms with E-state index in [1.165, 1.54) is 63.5 Å². The van der Waals surface area contributed by atoms with E-state index in [-0.39, 0.29) is 0 Å². The van der Waals surface area contributed by atoms with E-state index in [0.29, 0.717) is 0 Å². The molecule has 0 amide bonds. The third kappa shape index (κ3) is 4.10. The van der Waals surface area contributed by atoms with Gasteiger partial charge in [0.05, 0.1) is 26.9 Å². The first-order valence-corrected chi connectivity index (χ1v) is 17.7. The number of nitrogens with zero attached hydrogens (tertiary/aromatic N) is 2. The normalized spacial score (nSPS) is 11.9. The lowest BCUT2D eigenvalue weighted by atomic mass is 10.0. The molecule has 226 valence electrons. The first-order chi connectivity index (χ1) is 23.7. The van der Waals surface area contributed by atoms with Crippen LogP contribution in [0, 0.1) is 0 Å². The van der Waals surface area contributed by atoms with Gasteiger partial charge in [0, 0.05) is 42.3 Å². The van der Waals surface area contributed by atoms with Crippen LogP contribution in [0.4, 0.5) is 17.1 Å². The summed E-state index contributed by atoms with van der Waals surface area (Å²) in [6, 6.07) is 59.4. The fourth-order valence-electron chi connectivity index (χ4n) is 7.50. The molecule has 0 saturated carbocycles. The Labute approximate surface area is 289 Å². The van der Waals surface area contributed by atoms with Crippen molar-refractivity contribution in [3.8, 4) is 5.69 Å². The third-order valence-electron chi connectivity index (χ3n) is 9.58. The van der Waals surface area contributed by atoms with Crippen molar-refractivity contribution < 1.29 is 0 Å². The molecule has 2 heterocycles. The maximum Gasteiger partial charge on any atom is 0.0718 e. The number of fused-ring (bicyclic) bond motifs is 9. The number of hydrogen-bond acceptors (Lipinski definition) is 2. The number of rotatable bonds is 4. The molecular weight excluding hydrogens is 668 g/mol. The average molecular weight is 696 g/mol. The van der Waals surface area contributed by atoms with Gasteiger partial charge >= 0.3 is 0 Å². The predicted octanol–water partition coefficient (Wildman–Crippen LogP) is 13.7. The summed E-state index contributed by atoms with van der Waals surface area (Å²) in [5.41, 5.74) is 6.85. The van der Waals surface area contributed by atoms with E-state index in [0.717, 1.165) is 27.2 Å². The van der Waals surface area contributed by atoms with Crippen LogP contribution >= 0.6 is 27.3 Å². The van der Waals surface area contributed by atoms with Gasteiger partial charge in [0.2, 0.25) is 0 Å². The van der Waals surface area contributed by atoms with Crippen molar-refractivity contribution in [3.63, 3.8) is 0 Å². The van der Waals surface area contributed by atoms with Crippen LogP contribution in [0.1, 0.15) is 0 Å². The van der Waals surface area contributed by atoms with Gasteiger partial charge in [-0.05, 0) is 92.1 Å². The molecule has 0 bridgehead atoms. The summed E-state index contributed by atoms with van der Waals surface area (Å²) in [5.74, 6) is 0. The van der Waals surface area contributed by atoms with Crippen LogP contribution in [0.15, 0.2) is 168 Å². The standard InChI is InChI=1S/C44H27BrN2S/c45-43-38(47-36-24-23-28-13-9-10-20-33(28)41(36)35-25-29-14-7-8-15-30(29)26-37(35)47)27-40-42(34-21-11-12-22-39(34)48-40)44(43)46(31-16-3-1-4-17-31)32-18-5-2-6-19-32/h1-27H. The molecule has 0 saturated heterocycles. The third-order valence-corrected chi connectivity index (χ3v) is 11.5. The minimum Gasteiger partial charge on any atom is -0.309 e. The van der Waals surface area contributed by atoms with Crippen molar-refractivity contribution in [1.29, 1.82) is 0 Å². The number of halogens is 1. The van der Waals surface area contributed by atoms with Crippen molar-refractivity contribution in [2.75, 3.05) is 4.90 Å². The summed E-state index contributed by atoms with van der Waals surface area (Å²) in [6.07, 6.45) is 0. The second-order valence-electron chi connectivity index (χ2n) is 12.3. The second kappa shape index (κ2) is 10.8. The van der Waals surface area contributed by atoms with Gasteiger partial charge in [-0.1, -0.05) is 109 Å². The van der Waals surface area contributed by atoms with Gasteiger partial charge in [0.15, 0.2) is 0 Å². The van der Waals surface area contributed by atoms with Gasteiger partial charge in [-0.25, -0.2) is 0 Å². The molecule has 10 aromatic rings. The topological polar surface area (TPSA) is 8.17 Å². The van der Waals surface area contributed by atoms with Crippen LogP contribution in [0.2, 0.25) is 0 Å². The van der Waals surface area contributed by atoms with Crippen molar-refractivity contribution in [3.05, 3.63) is 168 Å². The van der Waals surface area contributed by atoms with Crippen LogP contribution in [-0.4, -0.2) is 4.57 Å². The molecule has 0 radical (unpaired) electrons. The lowest BCUT2D eigenvalue weighted by Crippen LogP contribution is -2.12. The summed E-state index contributed by atoms with van der Waals surface area (Å²) >= 11 is 6.16. The number of para-hydroxylation sites is 2. The monoisotopic (exact) mass is 694 g/mol. The number of thiophene rings is 1. The first-order valence-electron chi connectivity index (χ1n) is 16.1. The molecule has 0 atom stereocenters. The number of benzene rings is 8. The van der Waals surface area contributed by atoms with Crippen LogP contribution in [0.25, 0.3) is 69.2 Å². The SMILES string of the molecule is Brc1c(-n2c3cc4ccccc4cc3c3c4ccccc4ccc32)cc2sc3ccccc3c2c1N(c1ccccc1)c1ccccc1. The second-order valence-corrected chi connectivity index (χ2v) is 14.1. The smallest absolute Gasteiger partial charge is 0.0718 e. The Bertz CT molecular complexity index is 2810. The molecule has 0 unspecified atom stereocenters. The number of aromatic nitrogens is 1. The fraction of sp³-hybridized carbons (Fsp3) is 0. The van der Waals surface area contributed by atoms with Crippen LogP contribution in [0.5, 0.6) is 0 Å². The van der Waals surface area contributed by atoms with E-state index in [4.69, 9.17) is 0 Å². The Morgan fingerprint density at radius 3 is 1.79 bits per heavy atom. The summed E-state index contributed by atoms with van der Waals surface area (Å²) in [7, 11) is 0. The first kappa shape index (κ1) is 27.7. The van der Waals surface area contributed by atoms with E-state index in [1.807, 2.05) is 11.3 Å². The highest BCUT2D eigenvalue weighted by atomic mass is 79.9. The summed E-state index contributed by atoms with van der Waals surface area (Å²) in [6.45, 7) is 0. The van der Waals surface area contributed by atoms with E-state index in [1.54, 1.807) is 0 Å². The quantitative estimate of drug-likeness (QED) is 0.178. The van der Waals surface area contributed by atoms with Gasteiger partial charge in [-0.15, -0.1) is 11.3 Å². The van der Waals surface area contributed by atoms with Gasteiger partial charge in [0.25, 0.3) is 0 Å². The molecule has 10 rings (SSSR count). The molecular formula is C44H27BrN2S. The molecule has 0 fully saturated rings. The van der Waals surface area contributed by atoms with Gasteiger partial charge in [-0.3, -0.25) is 0 Å². The highest BCUT2D eigenvalue weighted by Gasteiger charge is 2.26. The molecule has 2 aromatic heterocycles. The van der Waals surface area contributed by atoms with Crippen LogP contribution < -0.4 is 4.90 Å². The Kier molecular flexibility index (Phi) is 6.23. The van der Waals surface area contributed by atoms with E-state index < -0.39 is 0 Å². The molecule has 8 aromatic carbocycles. The van der Waals surface area contributed by atoms with E-state index in [9.17, 15) is 0 Å². The van der Waals surface area contributed by atoms with Crippen molar-refractivity contribution >= 4 is 108 Å². The van der Waals surface area contributed by atoms with Gasteiger partial charge < -0.3 is 9.47 Å². The zero-order valence-corrected chi connectivity index (χ0v) is 28.2. The van der Waals surface area contributed by atoms with Crippen LogP contribution in [-0.2, 0) is 0 Å². The molecule has 48 heavy (non-hydrogen) atoms. The summed E-state index contributed by atoms with van der Waals surface area (Å²) in [4.78, 5) is 2.41. The Morgan fingerprint density at radius 2 is 1.06 bits per heavy atom. The number of hydrogen-bond donors (Lipinski definition) is 0. The molecule has 0 aliphatic rings. The number of anilines is 3. The maximum absolute atomic E-state index is 4.30. The average Bonchev–Trinajstić information content (AvgIpc) is 3.67. The van der Waals surface area contributed by atoms with Crippen LogP contribution in [0.3, 0.4) is 0 Å². The van der Waals surface area contributed by atoms with Gasteiger partial charge in [-0.2, -0.15) is 0 Å². The molecule has 0 aliphatic heterocycles. The molecule has 0 N–H and O–H groups in total. The lowest BCUT2D eigenvalue weighted by Gasteiger charge is -2.29. The minimum absolute atomic E-state index is 1.05. The molecule has 0 aliphatic carbocycles.